The van der Waals surface area contributed by atoms with Gasteiger partial charge in [0.05, 0.1) is 22.6 Å². The van der Waals surface area contributed by atoms with Crippen LogP contribution in [0.2, 0.25) is 10.0 Å². The molecule has 1 aromatic heterocycles. The number of nitrogen functional groups attached to an aromatic ring is 1. The van der Waals surface area contributed by atoms with E-state index in [4.69, 9.17) is 28.9 Å². The lowest BCUT2D eigenvalue weighted by atomic mass is 10.0. The Morgan fingerprint density at radius 2 is 2.17 bits per heavy atom. The highest BCUT2D eigenvalue weighted by molar-refractivity contribution is 7.15. The molecule has 2 aromatic rings. The van der Waals surface area contributed by atoms with E-state index in [9.17, 15) is 9.59 Å². The SMILES string of the molecule is CN1CCC[C@@H]1C(=O)N[C@@H](Cc1ccc(Cl)c(Cl)c1)C(=O)NCc1cnc(N)s1. The number of carbonyl (C=O) groups is 2. The van der Waals surface area contributed by atoms with Crippen LogP contribution in [0.5, 0.6) is 0 Å². The van der Waals surface area contributed by atoms with Crippen LogP contribution in [0.1, 0.15) is 23.3 Å². The molecule has 7 nitrogen and oxygen atoms in total. The molecule has 0 radical (unpaired) electrons. The molecular formula is C19H23Cl2N5O2S. The Morgan fingerprint density at radius 3 is 2.79 bits per heavy atom. The van der Waals surface area contributed by atoms with Crippen molar-refractivity contribution in [3.05, 3.63) is 44.9 Å². The van der Waals surface area contributed by atoms with Crippen molar-refractivity contribution in [2.75, 3.05) is 19.3 Å². The van der Waals surface area contributed by atoms with Gasteiger partial charge in [-0.2, -0.15) is 0 Å². The van der Waals surface area contributed by atoms with Crippen LogP contribution in [0.4, 0.5) is 5.13 Å². The lowest BCUT2D eigenvalue weighted by molar-refractivity contribution is -0.131. The molecule has 29 heavy (non-hydrogen) atoms. The monoisotopic (exact) mass is 455 g/mol. The largest absolute Gasteiger partial charge is 0.375 e. The number of nitrogens with one attached hydrogen (secondary N) is 2. The molecule has 1 saturated heterocycles. The van der Waals surface area contributed by atoms with Gasteiger partial charge in [0.2, 0.25) is 11.8 Å². The quantitative estimate of drug-likeness (QED) is 0.595. The fourth-order valence-corrected chi connectivity index (χ4v) is 4.27. The summed E-state index contributed by atoms with van der Waals surface area (Å²) in [5, 5.41) is 7.05. The van der Waals surface area contributed by atoms with Crippen LogP contribution >= 0.6 is 34.5 Å². The predicted octanol–water partition coefficient (Wildman–Crippen LogP) is 2.47. The number of anilines is 1. The Balaban J connectivity index is 1.71. The van der Waals surface area contributed by atoms with Gasteiger partial charge in [0.25, 0.3) is 0 Å². The van der Waals surface area contributed by atoms with E-state index in [1.807, 2.05) is 11.9 Å². The summed E-state index contributed by atoms with van der Waals surface area (Å²) in [7, 11) is 1.92. The summed E-state index contributed by atoms with van der Waals surface area (Å²) < 4.78 is 0. The molecule has 4 N–H and O–H groups in total. The normalized spacial score (nSPS) is 17.8. The van der Waals surface area contributed by atoms with Crippen LogP contribution in [0, 0.1) is 0 Å². The minimum atomic E-state index is -0.737. The molecule has 0 aliphatic carbocycles. The van der Waals surface area contributed by atoms with Gasteiger partial charge in [-0.05, 0) is 44.1 Å². The zero-order chi connectivity index (χ0) is 21.0. The van der Waals surface area contributed by atoms with Gasteiger partial charge in [0.1, 0.15) is 6.04 Å². The number of rotatable bonds is 7. The van der Waals surface area contributed by atoms with Gasteiger partial charge in [-0.15, -0.1) is 11.3 Å². The van der Waals surface area contributed by atoms with E-state index in [0.717, 1.165) is 29.8 Å². The first-order valence-electron chi connectivity index (χ1n) is 9.26. The molecule has 156 valence electrons. The van der Waals surface area contributed by atoms with Crippen molar-refractivity contribution in [2.24, 2.45) is 0 Å². The number of hydrogen-bond acceptors (Lipinski definition) is 6. The second-order valence-electron chi connectivity index (χ2n) is 7.04. The van der Waals surface area contributed by atoms with E-state index >= 15 is 0 Å². The van der Waals surface area contributed by atoms with Crippen LogP contribution in [-0.4, -0.2) is 47.4 Å². The molecule has 1 fully saturated rings. The number of nitrogens with zero attached hydrogens (tertiary/aromatic N) is 2. The zero-order valence-corrected chi connectivity index (χ0v) is 18.3. The second kappa shape index (κ2) is 9.75. The van der Waals surface area contributed by atoms with Crippen molar-refractivity contribution in [3.63, 3.8) is 0 Å². The molecule has 0 saturated carbocycles. The number of likely N-dealkylation sites (tertiary alicyclic amines) is 1. The van der Waals surface area contributed by atoms with E-state index in [2.05, 4.69) is 15.6 Å². The van der Waals surface area contributed by atoms with Crippen molar-refractivity contribution in [1.29, 1.82) is 0 Å². The van der Waals surface area contributed by atoms with Gasteiger partial charge in [-0.1, -0.05) is 29.3 Å². The maximum atomic E-state index is 12.9. The van der Waals surface area contributed by atoms with Crippen molar-refractivity contribution in [1.82, 2.24) is 20.5 Å². The minimum absolute atomic E-state index is 0.146. The maximum absolute atomic E-state index is 12.9. The summed E-state index contributed by atoms with van der Waals surface area (Å²) >= 11 is 13.4. The number of thiazole rings is 1. The Morgan fingerprint density at radius 1 is 1.38 bits per heavy atom. The third-order valence-corrected chi connectivity index (χ3v) is 6.45. The number of nitrogens with two attached hydrogens (primary N) is 1. The van der Waals surface area contributed by atoms with Gasteiger partial charge >= 0.3 is 0 Å². The first kappa shape index (κ1) is 21.8. The average Bonchev–Trinajstić information content (AvgIpc) is 3.30. The molecule has 2 heterocycles. The van der Waals surface area contributed by atoms with Crippen LogP contribution in [0.3, 0.4) is 0 Å². The number of amides is 2. The summed E-state index contributed by atoms with van der Waals surface area (Å²) in [6.45, 7) is 1.17. The third-order valence-electron chi connectivity index (χ3n) is 4.89. The van der Waals surface area contributed by atoms with Crippen LogP contribution in [-0.2, 0) is 22.6 Å². The van der Waals surface area contributed by atoms with E-state index in [-0.39, 0.29) is 17.9 Å². The number of hydrogen-bond donors (Lipinski definition) is 3. The smallest absolute Gasteiger partial charge is 0.243 e. The molecule has 0 spiro atoms. The Kier molecular flexibility index (Phi) is 7.34. The summed E-state index contributed by atoms with van der Waals surface area (Å²) in [6.07, 6.45) is 3.67. The third kappa shape index (κ3) is 5.82. The topological polar surface area (TPSA) is 100 Å². The summed E-state index contributed by atoms with van der Waals surface area (Å²) in [5.41, 5.74) is 6.44. The molecule has 0 bridgehead atoms. The van der Waals surface area contributed by atoms with E-state index in [1.165, 1.54) is 11.3 Å². The van der Waals surface area contributed by atoms with E-state index < -0.39 is 6.04 Å². The minimum Gasteiger partial charge on any atom is -0.375 e. The molecule has 1 aromatic carbocycles. The van der Waals surface area contributed by atoms with Crippen LogP contribution < -0.4 is 16.4 Å². The van der Waals surface area contributed by atoms with Gasteiger partial charge in [-0.25, -0.2) is 4.98 Å². The summed E-state index contributed by atoms with van der Waals surface area (Å²) in [4.78, 5) is 32.4. The molecule has 10 heteroatoms. The number of halogens is 2. The van der Waals surface area contributed by atoms with Crippen molar-refractivity contribution in [2.45, 2.75) is 37.9 Å². The molecule has 1 aliphatic heterocycles. The average molecular weight is 456 g/mol. The fraction of sp³-hybridized carbons (Fsp3) is 0.421. The lowest BCUT2D eigenvalue weighted by Crippen LogP contribution is -2.52. The van der Waals surface area contributed by atoms with E-state index in [0.29, 0.717) is 28.1 Å². The van der Waals surface area contributed by atoms with E-state index in [1.54, 1.807) is 24.4 Å². The molecule has 1 aliphatic rings. The standard InChI is InChI=1S/C19H23Cl2N5O2S/c1-26-6-2-3-16(26)18(28)25-15(8-11-4-5-13(20)14(21)7-11)17(27)23-9-12-10-24-19(22)29-12/h4-5,7,10,15-16H,2-3,6,8-9H2,1H3,(H2,22,24)(H,23,27)(H,25,28)/t15-,16+/m0/s1. The summed E-state index contributed by atoms with van der Waals surface area (Å²) in [5.74, 6) is -0.427. The predicted molar refractivity (Wildman–Crippen MR) is 116 cm³/mol. The second-order valence-corrected chi connectivity index (χ2v) is 9.00. The lowest BCUT2D eigenvalue weighted by Gasteiger charge is -2.23. The first-order valence-corrected chi connectivity index (χ1v) is 10.8. The maximum Gasteiger partial charge on any atom is 0.243 e. The molecular weight excluding hydrogens is 433 g/mol. The van der Waals surface area contributed by atoms with Gasteiger partial charge in [0.15, 0.2) is 5.13 Å². The van der Waals surface area contributed by atoms with Gasteiger partial charge in [-0.3, -0.25) is 14.5 Å². The number of aromatic nitrogens is 1. The number of likely N-dealkylation sites (N-methyl/N-ethyl adjacent to an activating group) is 1. The highest BCUT2D eigenvalue weighted by Gasteiger charge is 2.31. The molecule has 2 amide bonds. The highest BCUT2D eigenvalue weighted by atomic mass is 35.5. The zero-order valence-electron chi connectivity index (χ0n) is 16.0. The molecule has 2 atom stereocenters. The van der Waals surface area contributed by atoms with Crippen molar-refractivity contribution >= 4 is 51.5 Å². The Labute approximate surface area is 183 Å². The summed E-state index contributed by atoms with van der Waals surface area (Å²) in [6, 6.07) is 4.23. The van der Waals surface area contributed by atoms with Crippen LogP contribution in [0.25, 0.3) is 0 Å². The van der Waals surface area contributed by atoms with Gasteiger partial charge < -0.3 is 16.4 Å². The first-order chi connectivity index (χ1) is 13.8. The van der Waals surface area contributed by atoms with Crippen LogP contribution in [0.15, 0.2) is 24.4 Å². The fourth-order valence-electron chi connectivity index (χ4n) is 3.32. The van der Waals surface area contributed by atoms with Gasteiger partial charge in [0, 0.05) is 17.5 Å². The molecule has 3 rings (SSSR count). The Hall–Kier alpha value is -1.87. The van der Waals surface area contributed by atoms with Crippen molar-refractivity contribution in [3.8, 4) is 0 Å². The Bertz CT molecular complexity index is 891. The number of carbonyl (C=O) groups excluding carboxylic acids is 2. The number of benzene rings is 1. The highest BCUT2D eigenvalue weighted by Crippen LogP contribution is 2.23. The van der Waals surface area contributed by atoms with Crippen molar-refractivity contribution < 1.29 is 9.59 Å². The molecule has 0 unspecified atom stereocenters.